The van der Waals surface area contributed by atoms with E-state index in [1.54, 1.807) is 12.1 Å². The normalized spacial score (nSPS) is 26.2. The molecule has 108 valence electrons. The van der Waals surface area contributed by atoms with Crippen LogP contribution in [0.2, 0.25) is 0 Å². The van der Waals surface area contributed by atoms with Crippen LogP contribution in [0.5, 0.6) is 0 Å². The molecule has 20 heavy (non-hydrogen) atoms. The van der Waals surface area contributed by atoms with Gasteiger partial charge in [0.25, 0.3) is 0 Å². The predicted octanol–water partition coefficient (Wildman–Crippen LogP) is 3.62. The van der Waals surface area contributed by atoms with E-state index in [4.69, 9.17) is 4.74 Å². The van der Waals surface area contributed by atoms with Gasteiger partial charge >= 0.3 is 5.97 Å². The number of hydrogen-bond donors (Lipinski definition) is 0. The van der Waals surface area contributed by atoms with E-state index in [0.717, 1.165) is 16.9 Å². The van der Waals surface area contributed by atoms with E-state index in [2.05, 4.69) is 20.8 Å². The summed E-state index contributed by atoms with van der Waals surface area (Å²) in [5.74, 6) is -0.209. The first-order chi connectivity index (χ1) is 9.74. The van der Waals surface area contributed by atoms with E-state index in [9.17, 15) is 4.79 Å². The molecule has 0 aliphatic carbocycles. The van der Waals surface area contributed by atoms with Gasteiger partial charge < -0.3 is 4.74 Å². The van der Waals surface area contributed by atoms with Crippen molar-refractivity contribution in [3.63, 3.8) is 0 Å². The molecule has 2 heterocycles. The molecule has 1 aromatic rings. The van der Waals surface area contributed by atoms with Gasteiger partial charge in [-0.2, -0.15) is 0 Å². The van der Waals surface area contributed by atoms with Gasteiger partial charge in [0.2, 0.25) is 0 Å². The first-order valence-electron chi connectivity index (χ1n) is 7.42. The lowest BCUT2D eigenvalue weighted by atomic mass is 9.97. The van der Waals surface area contributed by atoms with Crippen LogP contribution in [-0.4, -0.2) is 36.1 Å². The maximum Gasteiger partial charge on any atom is 0.338 e. The summed E-state index contributed by atoms with van der Waals surface area (Å²) in [6.07, 6.45) is 6.35. The quantitative estimate of drug-likeness (QED) is 0.789. The Morgan fingerprint density at radius 3 is 2.75 bits per heavy atom. The maximum absolute atomic E-state index is 12.0. The lowest BCUT2D eigenvalue weighted by Gasteiger charge is -2.37. The molecule has 0 radical (unpaired) electrons. The summed E-state index contributed by atoms with van der Waals surface area (Å²) < 4.78 is 6.49. The molecule has 2 atom stereocenters. The first-order valence-corrected chi connectivity index (χ1v) is 8.22. The first kappa shape index (κ1) is 14.1. The van der Waals surface area contributed by atoms with Gasteiger partial charge in [-0.1, -0.05) is 22.4 Å². The van der Waals surface area contributed by atoms with Crippen LogP contribution < -0.4 is 0 Å². The predicted molar refractivity (Wildman–Crippen MR) is 81.8 cm³/mol. The fraction of sp³-hybridized carbons (Fsp3) is 0.562. The number of rotatable bonds is 3. The van der Waals surface area contributed by atoms with Gasteiger partial charge in [0.1, 0.15) is 6.61 Å². The molecule has 0 amide bonds. The molecule has 3 rings (SSSR count). The average Bonchev–Trinajstić information content (AvgIpc) is 2.94. The fourth-order valence-corrected chi connectivity index (χ4v) is 3.69. The largest absolute Gasteiger partial charge is 0.460 e. The molecule has 0 N–H and O–H groups in total. The Balaban J connectivity index is 1.56. The molecule has 2 saturated heterocycles. The minimum absolute atomic E-state index is 0.209. The lowest BCUT2D eigenvalue weighted by molar-refractivity contribution is 0.0234. The van der Waals surface area contributed by atoms with Crippen molar-refractivity contribution < 1.29 is 9.53 Å². The smallest absolute Gasteiger partial charge is 0.338 e. The number of benzene rings is 1. The summed E-state index contributed by atoms with van der Waals surface area (Å²) in [7, 11) is 0. The fourth-order valence-electron chi connectivity index (χ4n) is 3.42. The van der Waals surface area contributed by atoms with Crippen LogP contribution in [-0.2, 0) is 4.74 Å². The van der Waals surface area contributed by atoms with Crippen LogP contribution in [0.25, 0.3) is 0 Å². The molecular formula is C16H20BrNO2. The molecule has 0 saturated carbocycles. The molecule has 2 fully saturated rings. The molecule has 1 aromatic carbocycles. The number of carbonyl (C=O) groups excluding carboxylic acids is 1. The van der Waals surface area contributed by atoms with E-state index in [1.165, 1.54) is 32.2 Å². The Labute approximate surface area is 128 Å². The van der Waals surface area contributed by atoms with E-state index < -0.39 is 0 Å². The maximum atomic E-state index is 12.0. The van der Waals surface area contributed by atoms with Crippen LogP contribution in [0.1, 0.15) is 42.5 Å². The summed E-state index contributed by atoms with van der Waals surface area (Å²) in [5, 5.41) is 0. The summed E-state index contributed by atoms with van der Waals surface area (Å²) in [6, 6.07) is 8.50. The molecule has 0 aromatic heterocycles. The van der Waals surface area contributed by atoms with E-state index >= 15 is 0 Å². The van der Waals surface area contributed by atoms with Crippen molar-refractivity contribution >= 4 is 21.9 Å². The van der Waals surface area contributed by atoms with Crippen LogP contribution in [0.3, 0.4) is 0 Å². The molecule has 0 spiro atoms. The second kappa shape index (κ2) is 6.27. The van der Waals surface area contributed by atoms with Gasteiger partial charge in [-0.15, -0.1) is 0 Å². The lowest BCUT2D eigenvalue weighted by Crippen LogP contribution is -2.45. The molecule has 3 nitrogen and oxygen atoms in total. The Morgan fingerprint density at radius 2 is 1.95 bits per heavy atom. The zero-order valence-electron chi connectivity index (χ0n) is 11.6. The minimum Gasteiger partial charge on any atom is -0.460 e. The SMILES string of the molecule is O=C(OC[C@@H]1CCC[C@@H]2CCCN21)c1ccc(Br)cc1. The summed E-state index contributed by atoms with van der Waals surface area (Å²) in [5.41, 5.74) is 0.627. The van der Waals surface area contributed by atoms with Crippen molar-refractivity contribution in [3.8, 4) is 0 Å². The highest BCUT2D eigenvalue weighted by atomic mass is 79.9. The Morgan fingerprint density at radius 1 is 1.20 bits per heavy atom. The monoisotopic (exact) mass is 337 g/mol. The summed E-state index contributed by atoms with van der Waals surface area (Å²) >= 11 is 3.37. The van der Waals surface area contributed by atoms with Crippen molar-refractivity contribution in [1.29, 1.82) is 0 Å². The van der Waals surface area contributed by atoms with Crippen LogP contribution in [0, 0.1) is 0 Å². The molecule has 2 aliphatic heterocycles. The van der Waals surface area contributed by atoms with Gasteiger partial charge in [0.05, 0.1) is 5.56 Å². The van der Waals surface area contributed by atoms with Gasteiger partial charge in [-0.25, -0.2) is 4.79 Å². The van der Waals surface area contributed by atoms with Gasteiger partial charge in [-0.05, 0) is 56.5 Å². The number of carbonyl (C=O) groups is 1. The van der Waals surface area contributed by atoms with E-state index in [0.29, 0.717) is 18.2 Å². The molecule has 2 aliphatic rings. The van der Waals surface area contributed by atoms with E-state index in [-0.39, 0.29) is 5.97 Å². The average molecular weight is 338 g/mol. The number of hydrogen-bond acceptors (Lipinski definition) is 3. The van der Waals surface area contributed by atoms with Crippen molar-refractivity contribution in [2.75, 3.05) is 13.2 Å². The number of esters is 1. The second-order valence-corrected chi connectivity index (χ2v) is 6.64. The Hall–Kier alpha value is -0.870. The van der Waals surface area contributed by atoms with Crippen LogP contribution >= 0.6 is 15.9 Å². The number of ether oxygens (including phenoxy) is 1. The van der Waals surface area contributed by atoms with Crippen molar-refractivity contribution in [2.45, 2.75) is 44.2 Å². The number of halogens is 1. The third-order valence-electron chi connectivity index (χ3n) is 4.45. The molecular weight excluding hydrogens is 318 g/mol. The number of piperidine rings is 1. The summed E-state index contributed by atoms with van der Waals surface area (Å²) in [4.78, 5) is 14.6. The third-order valence-corrected chi connectivity index (χ3v) is 4.98. The molecule has 4 heteroatoms. The number of nitrogens with zero attached hydrogens (tertiary/aromatic N) is 1. The minimum atomic E-state index is -0.209. The van der Waals surface area contributed by atoms with Crippen molar-refractivity contribution in [1.82, 2.24) is 4.90 Å². The zero-order valence-corrected chi connectivity index (χ0v) is 13.1. The highest BCUT2D eigenvalue weighted by molar-refractivity contribution is 9.10. The zero-order chi connectivity index (χ0) is 13.9. The Kier molecular flexibility index (Phi) is 4.41. The van der Waals surface area contributed by atoms with Gasteiger partial charge in [-0.3, -0.25) is 4.90 Å². The highest BCUT2D eigenvalue weighted by Crippen LogP contribution is 2.31. The molecule has 0 bridgehead atoms. The molecule has 0 unspecified atom stereocenters. The highest BCUT2D eigenvalue weighted by Gasteiger charge is 2.34. The Bertz CT molecular complexity index is 474. The van der Waals surface area contributed by atoms with Crippen LogP contribution in [0.4, 0.5) is 0 Å². The standard InChI is InChI=1S/C16H20BrNO2/c17-13-8-6-12(7-9-13)16(19)20-11-15-4-1-3-14-5-2-10-18(14)15/h6-9,14-15H,1-5,10-11H2/t14-,15+/m1/s1. The van der Waals surface area contributed by atoms with E-state index in [1.807, 2.05) is 12.1 Å². The second-order valence-electron chi connectivity index (χ2n) is 5.72. The van der Waals surface area contributed by atoms with Gasteiger partial charge in [0, 0.05) is 16.6 Å². The summed E-state index contributed by atoms with van der Waals surface area (Å²) in [6.45, 7) is 1.70. The third kappa shape index (κ3) is 3.07. The number of fused-ring (bicyclic) bond motifs is 1. The van der Waals surface area contributed by atoms with Crippen LogP contribution in [0.15, 0.2) is 28.7 Å². The van der Waals surface area contributed by atoms with Crippen molar-refractivity contribution in [2.24, 2.45) is 0 Å². The van der Waals surface area contributed by atoms with Gasteiger partial charge in [0.15, 0.2) is 0 Å². The van der Waals surface area contributed by atoms with Crippen molar-refractivity contribution in [3.05, 3.63) is 34.3 Å². The topological polar surface area (TPSA) is 29.5 Å².